The van der Waals surface area contributed by atoms with Gasteiger partial charge in [-0.25, -0.2) is 0 Å². The standard InChI is InChI=1S/C37H56O8/c1-21(2)13-14-27(45-34-33(42)32(41)26(40)20-43-34)22(3)11-10-12-23(4)31-25(39)19-29-36(8)18-16-30(44-24(5)38)35(6,7)28(36)15-17-37(29,31)9/h10-13,26-30,32-34,40-42H,14-20H2,1-9H3/b12-10+,22-11+,31-23+/t26-,27?,28+,29+,30-,32-,33-,34+,36+,37+/m1/s1. The fourth-order valence-electron chi connectivity index (χ4n) is 9.26. The maximum Gasteiger partial charge on any atom is 0.302 e. The van der Waals surface area contributed by atoms with Crippen molar-refractivity contribution in [2.24, 2.45) is 28.1 Å². The van der Waals surface area contributed by atoms with Crippen LogP contribution in [0.4, 0.5) is 0 Å². The molecule has 1 aliphatic heterocycles. The predicted octanol–water partition coefficient (Wildman–Crippen LogP) is 5.75. The van der Waals surface area contributed by atoms with Crippen LogP contribution in [0.15, 0.2) is 46.6 Å². The Morgan fingerprint density at radius 3 is 2.33 bits per heavy atom. The first-order valence-electron chi connectivity index (χ1n) is 16.6. The number of hydrogen-bond donors (Lipinski definition) is 3. The zero-order valence-electron chi connectivity index (χ0n) is 28.8. The van der Waals surface area contributed by atoms with E-state index in [4.69, 9.17) is 14.2 Å². The summed E-state index contributed by atoms with van der Waals surface area (Å²) in [4.78, 5) is 25.6. The minimum atomic E-state index is -1.36. The number of carbonyl (C=O) groups excluding carboxylic acids is 2. The van der Waals surface area contributed by atoms with E-state index in [1.165, 1.54) is 6.92 Å². The van der Waals surface area contributed by atoms with Gasteiger partial charge in [0, 0.05) is 29.7 Å². The molecule has 1 unspecified atom stereocenters. The van der Waals surface area contributed by atoms with Gasteiger partial charge in [-0.05, 0) is 88.2 Å². The molecule has 1 heterocycles. The van der Waals surface area contributed by atoms with Crippen LogP contribution in [0, 0.1) is 28.1 Å². The van der Waals surface area contributed by atoms with Gasteiger partial charge < -0.3 is 29.5 Å². The monoisotopic (exact) mass is 628 g/mol. The number of hydrogen-bond acceptors (Lipinski definition) is 8. The molecule has 10 atom stereocenters. The highest BCUT2D eigenvalue weighted by Crippen LogP contribution is 2.69. The molecule has 1 saturated heterocycles. The van der Waals surface area contributed by atoms with E-state index in [0.29, 0.717) is 18.8 Å². The molecule has 8 heteroatoms. The number of esters is 1. The Morgan fingerprint density at radius 1 is 1.00 bits per heavy atom. The largest absolute Gasteiger partial charge is 0.462 e. The van der Waals surface area contributed by atoms with Gasteiger partial charge in [0.25, 0.3) is 0 Å². The van der Waals surface area contributed by atoms with E-state index in [1.807, 2.05) is 45.9 Å². The van der Waals surface area contributed by atoms with Crippen molar-refractivity contribution < 1.29 is 39.1 Å². The molecule has 4 aliphatic rings. The summed E-state index contributed by atoms with van der Waals surface area (Å²) in [7, 11) is 0. The molecular weight excluding hydrogens is 572 g/mol. The van der Waals surface area contributed by atoms with Gasteiger partial charge in [-0.1, -0.05) is 57.6 Å². The van der Waals surface area contributed by atoms with Crippen LogP contribution < -0.4 is 0 Å². The summed E-state index contributed by atoms with van der Waals surface area (Å²) in [6.07, 6.45) is 7.33. The quantitative estimate of drug-likeness (QED) is 0.134. The van der Waals surface area contributed by atoms with Gasteiger partial charge in [-0.15, -0.1) is 0 Å². The van der Waals surface area contributed by atoms with Crippen molar-refractivity contribution >= 4 is 11.8 Å². The zero-order chi connectivity index (χ0) is 33.5. The van der Waals surface area contributed by atoms with Crippen LogP contribution in [0.3, 0.4) is 0 Å². The number of allylic oxidation sites excluding steroid dienone is 6. The van der Waals surface area contributed by atoms with E-state index in [9.17, 15) is 24.9 Å². The van der Waals surface area contributed by atoms with Crippen molar-refractivity contribution in [3.63, 3.8) is 0 Å². The summed E-state index contributed by atoms with van der Waals surface area (Å²) >= 11 is 0. The van der Waals surface area contributed by atoms with Crippen LogP contribution in [-0.4, -0.2) is 70.5 Å². The van der Waals surface area contributed by atoms with E-state index in [-0.39, 0.29) is 46.6 Å². The first-order valence-corrected chi connectivity index (χ1v) is 16.6. The number of Topliss-reactive ketones (excluding diaryl/α,β-unsaturated/α-hetero) is 1. The lowest BCUT2D eigenvalue weighted by Crippen LogP contribution is -2.58. The second-order valence-electron chi connectivity index (χ2n) is 15.4. The van der Waals surface area contributed by atoms with Crippen molar-refractivity contribution in [3.8, 4) is 0 Å². The van der Waals surface area contributed by atoms with Gasteiger partial charge in [-0.2, -0.15) is 0 Å². The molecule has 4 fully saturated rings. The zero-order valence-corrected chi connectivity index (χ0v) is 28.8. The molecule has 0 aromatic carbocycles. The van der Waals surface area contributed by atoms with E-state index in [2.05, 4.69) is 33.8 Å². The Bertz CT molecular complexity index is 1250. The molecule has 4 rings (SSSR count). The van der Waals surface area contributed by atoms with Crippen LogP contribution >= 0.6 is 0 Å². The summed E-state index contributed by atoms with van der Waals surface area (Å²) < 4.78 is 17.4. The van der Waals surface area contributed by atoms with E-state index in [1.54, 1.807) is 0 Å². The maximum atomic E-state index is 13.8. The van der Waals surface area contributed by atoms with Gasteiger partial charge in [-0.3, -0.25) is 9.59 Å². The summed E-state index contributed by atoms with van der Waals surface area (Å²) in [5.74, 6) is 0.616. The fourth-order valence-corrected chi connectivity index (χ4v) is 9.26. The minimum Gasteiger partial charge on any atom is -0.462 e. The molecule has 0 aromatic rings. The Balaban J connectivity index is 1.55. The molecule has 0 spiro atoms. The predicted molar refractivity (Wildman–Crippen MR) is 173 cm³/mol. The third-order valence-electron chi connectivity index (χ3n) is 11.6. The normalized spacial score (nSPS) is 40.0. The lowest BCUT2D eigenvalue weighted by atomic mass is 9.43. The van der Waals surface area contributed by atoms with E-state index in [0.717, 1.165) is 48.0 Å². The topological polar surface area (TPSA) is 123 Å². The van der Waals surface area contributed by atoms with Crippen LogP contribution in [0.2, 0.25) is 0 Å². The molecule has 3 N–H and O–H groups in total. The molecule has 0 aromatic heterocycles. The first-order chi connectivity index (χ1) is 20.9. The number of aliphatic hydroxyl groups is 3. The molecule has 0 radical (unpaired) electrons. The van der Waals surface area contributed by atoms with Crippen LogP contribution in [-0.2, 0) is 23.8 Å². The SMILES string of the molecule is CC(=O)O[C@@H]1CC[C@@]2(C)[C@@H](CC[C@]3(C)/C(=C(C)/C=C/C=C(\C)C(CC=C(C)C)O[C@@H]4OC[C@@H](O)[C@@H](O)[C@H]4O)C(=O)C[C@@H]23)C1(C)C. The second kappa shape index (κ2) is 13.6. The van der Waals surface area contributed by atoms with E-state index < -0.39 is 30.7 Å². The lowest BCUT2D eigenvalue weighted by Gasteiger charge is -2.62. The third kappa shape index (κ3) is 6.96. The Labute approximate surface area is 269 Å². The van der Waals surface area contributed by atoms with Crippen molar-refractivity contribution in [3.05, 3.63) is 46.6 Å². The molecule has 0 amide bonds. The highest BCUT2D eigenvalue weighted by molar-refractivity contribution is 6.00. The molecule has 3 aliphatic carbocycles. The van der Waals surface area contributed by atoms with Crippen molar-refractivity contribution in [2.45, 2.75) is 138 Å². The summed E-state index contributed by atoms with van der Waals surface area (Å²) in [5.41, 5.74) is 3.56. The van der Waals surface area contributed by atoms with Crippen LogP contribution in [0.5, 0.6) is 0 Å². The Hall–Kier alpha value is -2.10. The molecular formula is C37H56O8. The van der Waals surface area contributed by atoms with Gasteiger partial charge in [0.05, 0.1) is 12.7 Å². The smallest absolute Gasteiger partial charge is 0.302 e. The lowest BCUT2D eigenvalue weighted by molar-refractivity contribution is -0.278. The van der Waals surface area contributed by atoms with E-state index >= 15 is 0 Å². The average Bonchev–Trinajstić information content (AvgIpc) is 3.23. The average molecular weight is 629 g/mol. The Kier molecular flexibility index (Phi) is 10.8. The van der Waals surface area contributed by atoms with Gasteiger partial charge in [0.1, 0.15) is 24.4 Å². The second-order valence-corrected chi connectivity index (χ2v) is 15.4. The highest BCUT2D eigenvalue weighted by Gasteiger charge is 2.65. The molecule has 252 valence electrons. The number of aliphatic hydroxyl groups excluding tert-OH is 3. The van der Waals surface area contributed by atoms with Gasteiger partial charge >= 0.3 is 5.97 Å². The van der Waals surface area contributed by atoms with Crippen molar-refractivity contribution in [2.75, 3.05) is 6.61 Å². The van der Waals surface area contributed by atoms with Gasteiger partial charge in [0.2, 0.25) is 0 Å². The van der Waals surface area contributed by atoms with Gasteiger partial charge in [0.15, 0.2) is 12.1 Å². The molecule has 0 bridgehead atoms. The number of rotatable bonds is 8. The van der Waals surface area contributed by atoms with Crippen LogP contribution in [0.1, 0.15) is 101 Å². The summed E-state index contributed by atoms with van der Waals surface area (Å²) in [5, 5.41) is 30.4. The van der Waals surface area contributed by atoms with Crippen LogP contribution in [0.25, 0.3) is 0 Å². The van der Waals surface area contributed by atoms with Crippen molar-refractivity contribution in [1.29, 1.82) is 0 Å². The summed E-state index contributed by atoms with van der Waals surface area (Å²) in [6, 6.07) is 0. The number of ether oxygens (including phenoxy) is 3. The minimum absolute atomic E-state index is 0.0179. The molecule has 45 heavy (non-hydrogen) atoms. The molecule has 8 nitrogen and oxygen atoms in total. The Morgan fingerprint density at radius 2 is 1.69 bits per heavy atom. The third-order valence-corrected chi connectivity index (χ3v) is 11.6. The highest BCUT2D eigenvalue weighted by atomic mass is 16.7. The number of carbonyl (C=O) groups is 2. The first kappa shape index (κ1) is 35.7. The number of ketones is 1. The molecule has 3 saturated carbocycles. The maximum absolute atomic E-state index is 13.8. The fraction of sp³-hybridized carbons (Fsp3) is 0.730. The summed E-state index contributed by atoms with van der Waals surface area (Å²) in [6.45, 7) is 18.5. The van der Waals surface area contributed by atoms with Crippen molar-refractivity contribution in [1.82, 2.24) is 0 Å². The number of fused-ring (bicyclic) bond motifs is 3.